The van der Waals surface area contributed by atoms with Crippen LogP contribution >= 0.6 is 11.6 Å². The fourth-order valence-electron chi connectivity index (χ4n) is 3.03. The number of Topliss-reactive ketones (excluding diaryl/α,β-unsaturated/α-hetero) is 1. The lowest BCUT2D eigenvalue weighted by atomic mass is 9.96. The summed E-state index contributed by atoms with van der Waals surface area (Å²) in [5, 5.41) is 11.4. The average molecular weight is 421 g/mol. The summed E-state index contributed by atoms with van der Waals surface area (Å²) in [7, 11) is -4.06. The van der Waals surface area contributed by atoms with Crippen molar-refractivity contribution in [3.8, 4) is 0 Å². The van der Waals surface area contributed by atoms with E-state index in [0.717, 1.165) is 22.0 Å². The Balaban J connectivity index is 1.98. The minimum atomic E-state index is -4.06. The molecule has 0 fully saturated rings. The second kappa shape index (κ2) is 7.73. The maximum Gasteiger partial charge on any atom is 0.269 e. The van der Waals surface area contributed by atoms with E-state index in [1.807, 2.05) is 0 Å². The number of non-ortho nitro benzene ring substituents is 1. The van der Waals surface area contributed by atoms with Gasteiger partial charge in [-0.25, -0.2) is 8.42 Å². The Bertz CT molecular complexity index is 1050. The van der Waals surface area contributed by atoms with Crippen molar-refractivity contribution in [1.82, 2.24) is 4.31 Å². The molecule has 0 aromatic heterocycles. The van der Waals surface area contributed by atoms with Crippen LogP contribution in [0.5, 0.6) is 0 Å². The number of carbonyl (C=O) groups is 1. The number of hydrogen-bond acceptors (Lipinski definition) is 5. The second-order valence-corrected chi connectivity index (χ2v) is 8.83. The summed E-state index contributed by atoms with van der Waals surface area (Å²) < 4.78 is 27.4. The Morgan fingerprint density at radius 2 is 1.75 bits per heavy atom. The van der Waals surface area contributed by atoms with Crippen molar-refractivity contribution < 1.29 is 18.1 Å². The summed E-state index contributed by atoms with van der Waals surface area (Å²) in [5.41, 5.74) is 1.19. The number of sulfonamides is 1. The third-order valence-electron chi connectivity index (χ3n) is 4.44. The summed E-state index contributed by atoms with van der Waals surface area (Å²) >= 11 is 5.89. The van der Waals surface area contributed by atoms with Crippen LogP contribution in [0.25, 0.3) is 0 Å². The second-order valence-electron chi connectivity index (χ2n) is 6.55. The maximum atomic E-state index is 13.2. The standard InChI is InChI=1S/C19H17ClN2O5S/c1-13-10-19(23)18(11-14-2-4-15(20)5-3-14)21(12-13)28(26,27)17-8-6-16(7-9-17)22(24)25/h2-9,12,18H,10-11H2,1H3/t18-/m0/s1. The van der Waals surface area contributed by atoms with Crippen LogP contribution in [0.3, 0.4) is 0 Å². The van der Waals surface area contributed by atoms with Gasteiger partial charge in [0.25, 0.3) is 15.7 Å². The molecule has 0 saturated carbocycles. The highest BCUT2D eigenvalue weighted by Crippen LogP contribution is 2.28. The number of nitrogens with zero attached hydrogens (tertiary/aromatic N) is 2. The zero-order valence-electron chi connectivity index (χ0n) is 14.9. The largest absolute Gasteiger partial charge is 0.297 e. The third kappa shape index (κ3) is 4.07. The molecule has 3 rings (SSSR count). The van der Waals surface area contributed by atoms with Crippen molar-refractivity contribution in [2.24, 2.45) is 0 Å². The van der Waals surface area contributed by atoms with Crippen molar-refractivity contribution in [2.45, 2.75) is 30.7 Å². The molecule has 1 aliphatic heterocycles. The highest BCUT2D eigenvalue weighted by atomic mass is 35.5. The van der Waals surface area contributed by atoms with Gasteiger partial charge in [0.15, 0.2) is 5.78 Å². The van der Waals surface area contributed by atoms with Gasteiger partial charge in [0.05, 0.1) is 9.82 Å². The third-order valence-corrected chi connectivity index (χ3v) is 6.48. The first-order valence-electron chi connectivity index (χ1n) is 8.41. The lowest BCUT2D eigenvalue weighted by molar-refractivity contribution is -0.384. The highest BCUT2D eigenvalue weighted by Gasteiger charge is 2.36. The molecule has 0 radical (unpaired) electrons. The van der Waals surface area contributed by atoms with Gasteiger partial charge in [0.2, 0.25) is 0 Å². The van der Waals surface area contributed by atoms with Crippen LogP contribution in [0.1, 0.15) is 18.9 Å². The van der Waals surface area contributed by atoms with E-state index in [1.165, 1.54) is 18.3 Å². The van der Waals surface area contributed by atoms with E-state index in [0.29, 0.717) is 10.6 Å². The van der Waals surface area contributed by atoms with E-state index < -0.39 is 21.0 Å². The first kappa shape index (κ1) is 20.0. The van der Waals surface area contributed by atoms with Crippen molar-refractivity contribution in [1.29, 1.82) is 0 Å². The van der Waals surface area contributed by atoms with Gasteiger partial charge < -0.3 is 0 Å². The van der Waals surface area contributed by atoms with E-state index in [4.69, 9.17) is 11.6 Å². The van der Waals surface area contributed by atoms with Gasteiger partial charge in [-0.1, -0.05) is 23.7 Å². The number of rotatable bonds is 5. The first-order valence-corrected chi connectivity index (χ1v) is 10.2. The molecular formula is C19H17ClN2O5S. The van der Waals surface area contributed by atoms with Crippen LogP contribution in [0.2, 0.25) is 5.02 Å². The van der Waals surface area contributed by atoms with Gasteiger partial charge in [0.1, 0.15) is 6.04 Å². The average Bonchev–Trinajstić information content (AvgIpc) is 2.65. The van der Waals surface area contributed by atoms with Crippen molar-refractivity contribution >= 4 is 33.1 Å². The number of benzene rings is 2. The molecule has 28 heavy (non-hydrogen) atoms. The fraction of sp³-hybridized carbons (Fsp3) is 0.211. The van der Waals surface area contributed by atoms with Gasteiger partial charge in [0, 0.05) is 36.2 Å². The predicted octanol–water partition coefficient (Wildman–Crippen LogP) is 3.73. The van der Waals surface area contributed by atoms with E-state index in [1.54, 1.807) is 31.2 Å². The van der Waals surface area contributed by atoms with Crippen LogP contribution in [0, 0.1) is 10.1 Å². The van der Waals surface area contributed by atoms with Crippen LogP contribution in [0.4, 0.5) is 5.69 Å². The molecule has 2 aromatic carbocycles. The minimum absolute atomic E-state index is 0.113. The topological polar surface area (TPSA) is 97.6 Å². The smallest absolute Gasteiger partial charge is 0.269 e. The maximum absolute atomic E-state index is 13.2. The van der Waals surface area contributed by atoms with Crippen LogP contribution < -0.4 is 0 Å². The SMILES string of the molecule is CC1=CN(S(=O)(=O)c2ccc([N+](=O)[O-])cc2)[C@@H](Cc2ccc(Cl)cc2)C(=O)C1. The summed E-state index contributed by atoms with van der Waals surface area (Å²) in [5.74, 6) is -0.208. The number of carbonyl (C=O) groups excluding carboxylic acids is 1. The Hall–Kier alpha value is -2.71. The van der Waals surface area contributed by atoms with Gasteiger partial charge in [-0.3, -0.25) is 19.2 Å². The number of halogens is 1. The number of nitro benzene ring substituents is 1. The van der Waals surface area contributed by atoms with E-state index in [2.05, 4.69) is 0 Å². The summed E-state index contributed by atoms with van der Waals surface area (Å²) in [6, 6.07) is 10.6. The van der Waals surface area contributed by atoms with Crippen molar-refractivity contribution in [3.63, 3.8) is 0 Å². The van der Waals surface area contributed by atoms with Gasteiger partial charge >= 0.3 is 0 Å². The van der Waals surface area contributed by atoms with Crippen molar-refractivity contribution in [3.05, 3.63) is 81.0 Å². The number of hydrogen-bond donors (Lipinski definition) is 0. The zero-order valence-corrected chi connectivity index (χ0v) is 16.5. The molecule has 0 unspecified atom stereocenters. The molecule has 146 valence electrons. The minimum Gasteiger partial charge on any atom is -0.297 e. The summed E-state index contributed by atoms with van der Waals surface area (Å²) in [6.07, 6.45) is 1.83. The molecule has 1 heterocycles. The number of nitro groups is 1. The molecule has 1 aliphatic rings. The number of ketones is 1. The fourth-order valence-corrected chi connectivity index (χ4v) is 4.73. The molecule has 0 bridgehead atoms. The van der Waals surface area contributed by atoms with Crippen molar-refractivity contribution in [2.75, 3.05) is 0 Å². The molecular weight excluding hydrogens is 404 g/mol. The highest BCUT2D eigenvalue weighted by molar-refractivity contribution is 7.89. The predicted molar refractivity (Wildman–Crippen MR) is 104 cm³/mol. The Kier molecular flexibility index (Phi) is 5.53. The monoisotopic (exact) mass is 420 g/mol. The van der Waals surface area contributed by atoms with E-state index in [-0.39, 0.29) is 29.2 Å². The molecule has 1 atom stereocenters. The normalized spacial score (nSPS) is 17.4. The lowest BCUT2D eigenvalue weighted by Gasteiger charge is -2.33. The molecule has 0 spiro atoms. The van der Waals surface area contributed by atoms with Crippen LogP contribution in [-0.4, -0.2) is 29.5 Å². The number of allylic oxidation sites excluding steroid dienone is 1. The Morgan fingerprint density at radius 1 is 1.14 bits per heavy atom. The molecule has 0 aliphatic carbocycles. The van der Waals surface area contributed by atoms with Crippen LogP contribution in [0.15, 0.2) is 65.2 Å². The Morgan fingerprint density at radius 3 is 2.32 bits per heavy atom. The van der Waals surface area contributed by atoms with E-state index >= 15 is 0 Å². The molecule has 0 amide bonds. The lowest BCUT2D eigenvalue weighted by Crippen LogP contribution is -2.45. The zero-order chi connectivity index (χ0) is 20.5. The quantitative estimate of drug-likeness (QED) is 0.542. The van der Waals surface area contributed by atoms with Gasteiger partial charge in [-0.2, -0.15) is 0 Å². The van der Waals surface area contributed by atoms with Gasteiger partial charge in [-0.15, -0.1) is 0 Å². The molecule has 0 saturated heterocycles. The Labute approximate surface area is 167 Å². The molecule has 7 nitrogen and oxygen atoms in total. The van der Waals surface area contributed by atoms with E-state index in [9.17, 15) is 23.3 Å². The summed E-state index contributed by atoms with van der Waals surface area (Å²) in [4.78, 5) is 22.7. The molecule has 0 N–H and O–H groups in total. The van der Waals surface area contributed by atoms with Crippen LogP contribution in [-0.2, 0) is 21.2 Å². The van der Waals surface area contributed by atoms with Gasteiger partial charge in [-0.05, 0) is 42.3 Å². The molecule has 2 aromatic rings. The molecule has 9 heteroatoms. The first-order chi connectivity index (χ1) is 13.2. The summed E-state index contributed by atoms with van der Waals surface area (Å²) in [6.45, 7) is 1.69.